The van der Waals surface area contributed by atoms with Gasteiger partial charge in [-0.2, -0.15) is 0 Å². The molecule has 21 heavy (non-hydrogen) atoms. The van der Waals surface area contributed by atoms with E-state index in [1.54, 1.807) is 31.2 Å². The van der Waals surface area contributed by atoms with Crippen LogP contribution in [0.3, 0.4) is 0 Å². The van der Waals surface area contributed by atoms with Crippen LogP contribution >= 0.6 is 0 Å². The molecule has 0 aromatic heterocycles. The first kappa shape index (κ1) is 16.9. The molecule has 1 aromatic rings. The number of ether oxygens (including phenoxy) is 1. The van der Waals surface area contributed by atoms with Crippen molar-refractivity contribution >= 4 is 11.9 Å². The Balaban J connectivity index is 2.35. The molecule has 0 radical (unpaired) electrons. The van der Waals surface area contributed by atoms with Crippen molar-refractivity contribution in [3.63, 3.8) is 0 Å². The van der Waals surface area contributed by atoms with Gasteiger partial charge in [-0.05, 0) is 37.5 Å². The van der Waals surface area contributed by atoms with Crippen LogP contribution in [0.2, 0.25) is 0 Å². The summed E-state index contributed by atoms with van der Waals surface area (Å²) in [5, 5.41) is 11.7. The molecule has 0 fully saturated rings. The van der Waals surface area contributed by atoms with Crippen LogP contribution < -0.4 is 5.32 Å². The van der Waals surface area contributed by atoms with E-state index in [4.69, 9.17) is 9.84 Å². The molecule has 1 amide bonds. The fourth-order valence-electron chi connectivity index (χ4n) is 1.74. The van der Waals surface area contributed by atoms with Gasteiger partial charge in [-0.1, -0.05) is 18.2 Å². The maximum absolute atomic E-state index is 11.7. The van der Waals surface area contributed by atoms with Gasteiger partial charge in [0.2, 0.25) is 5.91 Å². The van der Waals surface area contributed by atoms with Crippen molar-refractivity contribution in [3.05, 3.63) is 48.0 Å². The van der Waals surface area contributed by atoms with Gasteiger partial charge in [-0.3, -0.25) is 4.79 Å². The summed E-state index contributed by atoms with van der Waals surface area (Å²) in [5.41, 5.74) is 1.12. The summed E-state index contributed by atoms with van der Waals surface area (Å²) in [6.45, 7) is 6.19. The Morgan fingerprint density at radius 3 is 2.90 bits per heavy atom. The third-order valence-corrected chi connectivity index (χ3v) is 2.95. The Morgan fingerprint density at radius 1 is 1.48 bits per heavy atom. The van der Waals surface area contributed by atoms with Gasteiger partial charge in [-0.15, -0.1) is 6.58 Å². The van der Waals surface area contributed by atoms with Crippen LogP contribution in [0.15, 0.2) is 36.9 Å². The third-order valence-electron chi connectivity index (χ3n) is 2.95. The quantitative estimate of drug-likeness (QED) is 0.539. The van der Waals surface area contributed by atoms with Crippen molar-refractivity contribution in [1.29, 1.82) is 0 Å². The number of nitrogens with one attached hydrogen (secondary N) is 1. The number of benzene rings is 1. The number of aromatic carboxylic acids is 1. The van der Waals surface area contributed by atoms with E-state index in [1.807, 2.05) is 6.07 Å². The summed E-state index contributed by atoms with van der Waals surface area (Å²) in [7, 11) is 0. The molecule has 0 heterocycles. The molecule has 5 heteroatoms. The van der Waals surface area contributed by atoms with Gasteiger partial charge in [0.1, 0.15) is 6.10 Å². The first-order valence-electron chi connectivity index (χ1n) is 6.87. The SMILES string of the molecule is C=CCCOC(C)C(=O)NCCc1cccc(C(=O)O)c1. The highest BCUT2D eigenvalue weighted by Crippen LogP contribution is 2.05. The minimum atomic E-state index is -0.954. The molecule has 0 bridgehead atoms. The fraction of sp³-hybridized carbons (Fsp3) is 0.375. The second kappa shape index (κ2) is 8.92. The molecule has 0 aliphatic heterocycles. The van der Waals surface area contributed by atoms with Gasteiger partial charge < -0.3 is 15.2 Å². The molecule has 114 valence electrons. The summed E-state index contributed by atoms with van der Waals surface area (Å²) < 4.78 is 5.34. The lowest BCUT2D eigenvalue weighted by atomic mass is 10.1. The maximum Gasteiger partial charge on any atom is 0.335 e. The van der Waals surface area contributed by atoms with E-state index < -0.39 is 12.1 Å². The van der Waals surface area contributed by atoms with E-state index in [2.05, 4.69) is 11.9 Å². The zero-order valence-corrected chi connectivity index (χ0v) is 12.2. The number of amides is 1. The summed E-state index contributed by atoms with van der Waals surface area (Å²) in [4.78, 5) is 22.6. The number of carbonyl (C=O) groups is 2. The van der Waals surface area contributed by atoms with Gasteiger partial charge in [0.25, 0.3) is 0 Å². The lowest BCUT2D eigenvalue weighted by molar-refractivity contribution is -0.131. The van der Waals surface area contributed by atoms with E-state index in [9.17, 15) is 9.59 Å². The lowest BCUT2D eigenvalue weighted by Gasteiger charge is -2.12. The van der Waals surface area contributed by atoms with Crippen LogP contribution in [-0.2, 0) is 16.0 Å². The van der Waals surface area contributed by atoms with E-state index in [-0.39, 0.29) is 11.5 Å². The second-order valence-corrected chi connectivity index (χ2v) is 4.64. The molecule has 1 atom stereocenters. The van der Waals surface area contributed by atoms with E-state index in [0.717, 1.165) is 5.56 Å². The van der Waals surface area contributed by atoms with Gasteiger partial charge in [0.05, 0.1) is 12.2 Å². The first-order chi connectivity index (χ1) is 10.0. The Bertz CT molecular complexity index is 499. The van der Waals surface area contributed by atoms with Crippen molar-refractivity contribution in [1.82, 2.24) is 5.32 Å². The molecule has 0 saturated heterocycles. The second-order valence-electron chi connectivity index (χ2n) is 4.64. The fourth-order valence-corrected chi connectivity index (χ4v) is 1.74. The molecule has 2 N–H and O–H groups in total. The van der Waals surface area contributed by atoms with Gasteiger partial charge in [0, 0.05) is 6.54 Å². The molecule has 0 aliphatic rings. The molecule has 1 aromatic carbocycles. The number of carbonyl (C=O) groups excluding carboxylic acids is 1. The van der Waals surface area contributed by atoms with Crippen LogP contribution in [0.4, 0.5) is 0 Å². The normalized spacial score (nSPS) is 11.7. The smallest absolute Gasteiger partial charge is 0.335 e. The van der Waals surface area contributed by atoms with Crippen LogP contribution in [0, 0.1) is 0 Å². The lowest BCUT2D eigenvalue weighted by Crippen LogP contribution is -2.35. The summed E-state index contributed by atoms with van der Waals surface area (Å²) in [6.07, 6.45) is 2.52. The Kier molecular flexibility index (Phi) is 7.18. The van der Waals surface area contributed by atoms with E-state index in [1.165, 1.54) is 0 Å². The van der Waals surface area contributed by atoms with Crippen molar-refractivity contribution in [2.45, 2.75) is 25.9 Å². The van der Waals surface area contributed by atoms with Crippen LogP contribution in [0.25, 0.3) is 0 Å². The third kappa shape index (κ3) is 6.23. The maximum atomic E-state index is 11.7. The Labute approximate surface area is 124 Å². The number of hydrogen-bond donors (Lipinski definition) is 2. The standard InChI is InChI=1S/C16H21NO4/c1-3-4-10-21-12(2)15(18)17-9-8-13-6-5-7-14(11-13)16(19)20/h3,5-7,11-12H,1,4,8-10H2,2H3,(H,17,18)(H,19,20). The molecule has 1 unspecified atom stereocenters. The molecule has 5 nitrogen and oxygen atoms in total. The van der Waals surface area contributed by atoms with Crippen LogP contribution in [-0.4, -0.2) is 36.2 Å². The minimum absolute atomic E-state index is 0.173. The topological polar surface area (TPSA) is 75.6 Å². The highest BCUT2D eigenvalue weighted by Gasteiger charge is 2.12. The van der Waals surface area contributed by atoms with E-state index in [0.29, 0.717) is 26.0 Å². The van der Waals surface area contributed by atoms with Crippen molar-refractivity contribution < 1.29 is 19.4 Å². The van der Waals surface area contributed by atoms with Crippen LogP contribution in [0.5, 0.6) is 0 Å². The molecule has 0 spiro atoms. The molecular formula is C16H21NO4. The van der Waals surface area contributed by atoms with Crippen molar-refractivity contribution in [3.8, 4) is 0 Å². The summed E-state index contributed by atoms with van der Waals surface area (Å²) >= 11 is 0. The highest BCUT2D eigenvalue weighted by atomic mass is 16.5. The number of rotatable bonds is 9. The molecule has 0 saturated carbocycles. The number of carboxylic acids is 1. The number of hydrogen-bond acceptors (Lipinski definition) is 3. The minimum Gasteiger partial charge on any atom is -0.478 e. The highest BCUT2D eigenvalue weighted by molar-refractivity contribution is 5.87. The summed E-state index contributed by atoms with van der Waals surface area (Å²) in [5.74, 6) is -1.13. The van der Waals surface area contributed by atoms with E-state index >= 15 is 0 Å². The Hall–Kier alpha value is -2.14. The largest absolute Gasteiger partial charge is 0.478 e. The van der Waals surface area contributed by atoms with Gasteiger partial charge in [0.15, 0.2) is 0 Å². The van der Waals surface area contributed by atoms with Gasteiger partial charge in [-0.25, -0.2) is 4.79 Å². The molecular weight excluding hydrogens is 270 g/mol. The zero-order valence-electron chi connectivity index (χ0n) is 12.2. The number of carboxylic acid groups (broad SMARTS) is 1. The zero-order chi connectivity index (χ0) is 15.7. The molecule has 0 aliphatic carbocycles. The Morgan fingerprint density at radius 2 is 2.24 bits per heavy atom. The monoisotopic (exact) mass is 291 g/mol. The predicted molar refractivity (Wildman–Crippen MR) is 80.3 cm³/mol. The predicted octanol–water partition coefficient (Wildman–Crippen LogP) is 2.02. The van der Waals surface area contributed by atoms with Crippen molar-refractivity contribution in [2.75, 3.05) is 13.2 Å². The average molecular weight is 291 g/mol. The summed E-state index contributed by atoms with van der Waals surface area (Å²) in [6, 6.07) is 6.68. The molecule has 1 rings (SSSR count). The van der Waals surface area contributed by atoms with Gasteiger partial charge >= 0.3 is 5.97 Å². The first-order valence-corrected chi connectivity index (χ1v) is 6.87. The van der Waals surface area contributed by atoms with Crippen LogP contribution in [0.1, 0.15) is 29.3 Å². The average Bonchev–Trinajstić information content (AvgIpc) is 2.47. The van der Waals surface area contributed by atoms with Crippen molar-refractivity contribution in [2.24, 2.45) is 0 Å².